The number of benzene rings is 2. The van der Waals surface area contributed by atoms with Crippen LogP contribution in [0.4, 0.5) is 5.13 Å². The summed E-state index contributed by atoms with van der Waals surface area (Å²) in [6, 6.07) is 11.9. The molecule has 2 heterocycles. The molecule has 1 aliphatic rings. The summed E-state index contributed by atoms with van der Waals surface area (Å²) >= 11 is 1.32. The van der Waals surface area contributed by atoms with Gasteiger partial charge in [-0.25, -0.2) is 4.98 Å². The van der Waals surface area contributed by atoms with Crippen LogP contribution in [-0.4, -0.2) is 33.6 Å². The Labute approximate surface area is 191 Å². The maximum Gasteiger partial charge on any atom is 0.262 e. The average Bonchev–Trinajstić information content (AvgIpc) is 3.34. The molecule has 1 aliphatic heterocycles. The van der Waals surface area contributed by atoms with E-state index in [1.165, 1.54) is 11.3 Å². The maximum absolute atomic E-state index is 13.3. The smallest absolute Gasteiger partial charge is 0.262 e. The summed E-state index contributed by atoms with van der Waals surface area (Å²) in [6.07, 6.45) is 0.636. The number of hydrogen-bond acceptors (Lipinski definition) is 5. The Bertz CT molecular complexity index is 1180. The number of nitrogens with zero attached hydrogens (tertiary/aromatic N) is 2. The van der Waals surface area contributed by atoms with E-state index in [0.717, 1.165) is 27.3 Å². The molecule has 164 valence electrons. The first kappa shape index (κ1) is 21.9. The Hall–Kier alpha value is -3.32. The summed E-state index contributed by atoms with van der Waals surface area (Å²) in [5.74, 6) is -1.48. The highest BCUT2D eigenvalue weighted by atomic mass is 32.1. The number of amides is 3. The largest absolute Gasteiger partial charge is 0.300 e. The summed E-state index contributed by atoms with van der Waals surface area (Å²) < 4.78 is 0. The zero-order chi connectivity index (χ0) is 23.0. The topological polar surface area (TPSA) is 79.4 Å². The molecule has 3 amide bonds. The molecule has 32 heavy (non-hydrogen) atoms. The molecule has 2 atom stereocenters. The zero-order valence-electron chi connectivity index (χ0n) is 18.5. The number of nitrogens with one attached hydrogen (secondary N) is 1. The number of aromatic nitrogens is 1. The van der Waals surface area contributed by atoms with E-state index in [0.29, 0.717) is 22.7 Å². The normalized spacial score (nSPS) is 14.9. The van der Waals surface area contributed by atoms with Crippen molar-refractivity contribution < 1.29 is 14.4 Å². The van der Waals surface area contributed by atoms with E-state index in [2.05, 4.69) is 16.4 Å². The highest BCUT2D eigenvalue weighted by Gasteiger charge is 2.44. The van der Waals surface area contributed by atoms with Crippen molar-refractivity contribution in [3.05, 3.63) is 70.1 Å². The minimum Gasteiger partial charge on any atom is -0.300 e. The van der Waals surface area contributed by atoms with E-state index in [4.69, 9.17) is 0 Å². The second-order valence-electron chi connectivity index (χ2n) is 8.20. The number of hydrogen-bond donors (Lipinski definition) is 1. The van der Waals surface area contributed by atoms with Gasteiger partial charge in [0.1, 0.15) is 6.04 Å². The van der Waals surface area contributed by atoms with E-state index in [1.807, 2.05) is 45.2 Å². The number of carbonyl (C=O) groups excluding carboxylic acids is 3. The lowest BCUT2D eigenvalue weighted by molar-refractivity contribution is -0.121. The molecule has 2 unspecified atom stereocenters. The van der Waals surface area contributed by atoms with Gasteiger partial charge in [0, 0.05) is 10.9 Å². The van der Waals surface area contributed by atoms with Crippen LogP contribution >= 0.6 is 11.3 Å². The molecule has 0 radical (unpaired) electrons. The van der Waals surface area contributed by atoms with Crippen molar-refractivity contribution in [3.63, 3.8) is 0 Å². The second-order valence-corrected chi connectivity index (χ2v) is 9.06. The lowest BCUT2D eigenvalue weighted by Gasteiger charge is -2.29. The van der Waals surface area contributed by atoms with Crippen LogP contribution in [0.5, 0.6) is 0 Å². The fourth-order valence-corrected chi connectivity index (χ4v) is 4.67. The molecule has 7 heteroatoms. The van der Waals surface area contributed by atoms with Crippen LogP contribution in [-0.2, 0) is 4.79 Å². The number of carbonyl (C=O) groups is 3. The molecular formula is C25H25N3O3S. The Balaban J connectivity index is 1.61. The number of anilines is 1. The standard InChI is InChI=1S/C25H25N3O3S/c1-5-15(3)21(28-23(30)17-8-6-7-9-18(17)24(28)31)22(29)27-25-26-20(13-32-25)19-12-14(2)10-11-16(19)4/h6-13,15,21H,5H2,1-4H3,(H,26,27,29). The highest BCUT2D eigenvalue weighted by Crippen LogP contribution is 2.31. The van der Waals surface area contributed by atoms with Gasteiger partial charge >= 0.3 is 0 Å². The molecule has 0 aliphatic carbocycles. The van der Waals surface area contributed by atoms with Crippen molar-refractivity contribution in [2.45, 2.75) is 40.2 Å². The second kappa shape index (κ2) is 8.67. The molecule has 0 saturated heterocycles. The van der Waals surface area contributed by atoms with Gasteiger partial charge in [-0.05, 0) is 43.5 Å². The molecule has 1 N–H and O–H groups in total. The third kappa shape index (κ3) is 3.84. The Morgan fingerprint density at radius 3 is 2.34 bits per heavy atom. The SMILES string of the molecule is CCC(C)C(C(=O)Nc1nc(-c2cc(C)ccc2C)cs1)N1C(=O)c2ccccc2C1=O. The monoisotopic (exact) mass is 447 g/mol. The lowest BCUT2D eigenvalue weighted by atomic mass is 9.96. The summed E-state index contributed by atoms with van der Waals surface area (Å²) in [4.78, 5) is 45.0. The molecule has 4 rings (SSSR count). The Morgan fingerprint density at radius 2 is 1.72 bits per heavy atom. The van der Waals surface area contributed by atoms with Gasteiger partial charge < -0.3 is 5.32 Å². The molecule has 0 spiro atoms. The molecule has 6 nitrogen and oxygen atoms in total. The summed E-state index contributed by atoms with van der Waals surface area (Å²) in [7, 11) is 0. The molecule has 0 saturated carbocycles. The number of imide groups is 1. The van der Waals surface area contributed by atoms with Crippen molar-refractivity contribution in [1.82, 2.24) is 9.88 Å². The first-order valence-electron chi connectivity index (χ1n) is 10.6. The maximum atomic E-state index is 13.3. The van der Waals surface area contributed by atoms with Crippen molar-refractivity contribution in [2.24, 2.45) is 5.92 Å². The van der Waals surface area contributed by atoms with Gasteiger partial charge in [-0.1, -0.05) is 50.1 Å². The third-order valence-corrected chi connectivity index (χ3v) is 6.72. The molecule has 0 bridgehead atoms. The number of fused-ring (bicyclic) bond motifs is 1. The van der Waals surface area contributed by atoms with E-state index < -0.39 is 23.8 Å². The van der Waals surface area contributed by atoms with Gasteiger partial charge in [-0.15, -0.1) is 11.3 Å². The van der Waals surface area contributed by atoms with Crippen LogP contribution < -0.4 is 5.32 Å². The first-order chi connectivity index (χ1) is 15.3. The van der Waals surface area contributed by atoms with E-state index in [1.54, 1.807) is 24.3 Å². The van der Waals surface area contributed by atoms with Crippen LogP contribution in [0.1, 0.15) is 52.1 Å². The molecular weight excluding hydrogens is 422 g/mol. The van der Waals surface area contributed by atoms with E-state index in [-0.39, 0.29) is 5.92 Å². The number of thiazole rings is 1. The zero-order valence-corrected chi connectivity index (χ0v) is 19.3. The summed E-state index contributed by atoms with van der Waals surface area (Å²) in [6.45, 7) is 7.85. The Kier molecular flexibility index (Phi) is 5.93. The van der Waals surface area contributed by atoms with Crippen LogP contribution in [0.25, 0.3) is 11.3 Å². The van der Waals surface area contributed by atoms with Crippen molar-refractivity contribution in [2.75, 3.05) is 5.32 Å². The molecule has 3 aromatic rings. The number of rotatable bonds is 6. The molecule has 2 aromatic carbocycles. The van der Waals surface area contributed by atoms with E-state index in [9.17, 15) is 14.4 Å². The summed E-state index contributed by atoms with van der Waals surface area (Å²) in [5, 5.41) is 5.19. The van der Waals surface area contributed by atoms with Gasteiger partial charge in [0.2, 0.25) is 5.91 Å². The van der Waals surface area contributed by atoms with Gasteiger partial charge in [0.15, 0.2) is 5.13 Å². The molecule has 1 aromatic heterocycles. The minimum atomic E-state index is -0.916. The van der Waals surface area contributed by atoms with Crippen molar-refractivity contribution in [1.29, 1.82) is 0 Å². The van der Waals surface area contributed by atoms with E-state index >= 15 is 0 Å². The molecule has 0 fully saturated rings. The predicted molar refractivity (Wildman–Crippen MR) is 126 cm³/mol. The average molecular weight is 448 g/mol. The number of aryl methyl sites for hydroxylation is 2. The van der Waals surface area contributed by atoms with Gasteiger partial charge in [0.25, 0.3) is 11.8 Å². The van der Waals surface area contributed by atoms with Crippen LogP contribution in [0.2, 0.25) is 0 Å². The summed E-state index contributed by atoms with van der Waals surface area (Å²) in [5.41, 5.74) is 4.71. The van der Waals surface area contributed by atoms with Crippen molar-refractivity contribution in [3.8, 4) is 11.3 Å². The quantitative estimate of drug-likeness (QED) is 0.535. The Morgan fingerprint density at radius 1 is 1.06 bits per heavy atom. The van der Waals surface area contributed by atoms with Gasteiger partial charge in [-0.2, -0.15) is 0 Å². The van der Waals surface area contributed by atoms with Crippen LogP contribution in [0, 0.1) is 19.8 Å². The van der Waals surface area contributed by atoms with Gasteiger partial charge in [-0.3, -0.25) is 19.3 Å². The fraction of sp³-hybridized carbons (Fsp3) is 0.280. The third-order valence-electron chi connectivity index (χ3n) is 5.96. The van der Waals surface area contributed by atoms with Crippen LogP contribution in [0.3, 0.4) is 0 Å². The first-order valence-corrected chi connectivity index (χ1v) is 11.5. The fourth-order valence-electron chi connectivity index (χ4n) is 3.96. The highest BCUT2D eigenvalue weighted by molar-refractivity contribution is 7.14. The predicted octanol–water partition coefficient (Wildman–Crippen LogP) is 5.08. The minimum absolute atomic E-state index is 0.212. The van der Waals surface area contributed by atoms with Crippen LogP contribution in [0.15, 0.2) is 47.8 Å². The van der Waals surface area contributed by atoms with Gasteiger partial charge in [0.05, 0.1) is 16.8 Å². The lowest BCUT2D eigenvalue weighted by Crippen LogP contribution is -2.50. The van der Waals surface area contributed by atoms with Crippen molar-refractivity contribution >= 4 is 34.2 Å².